The molecular weight excluding hydrogens is 250 g/mol. The minimum atomic E-state index is -0.185. The Morgan fingerprint density at radius 1 is 1.10 bits per heavy atom. The number of likely N-dealkylation sites (tertiary alicyclic amines) is 1. The Kier molecular flexibility index (Phi) is 4.77. The van der Waals surface area contributed by atoms with Crippen molar-refractivity contribution in [1.29, 1.82) is 0 Å². The molecule has 0 aromatic heterocycles. The zero-order valence-electron chi connectivity index (χ0n) is 12.6. The highest BCUT2D eigenvalue weighted by Gasteiger charge is 2.38. The molecule has 0 radical (unpaired) electrons. The summed E-state index contributed by atoms with van der Waals surface area (Å²) >= 11 is 0. The van der Waals surface area contributed by atoms with Crippen molar-refractivity contribution in [2.75, 3.05) is 13.1 Å². The monoisotopic (exact) mass is 279 g/mol. The van der Waals surface area contributed by atoms with Gasteiger partial charge in [0.15, 0.2) is 0 Å². The SMILES string of the molecule is O=C1CCCC1C1CCCN1CC(O)CC1CCCC1. The molecule has 3 fully saturated rings. The van der Waals surface area contributed by atoms with Crippen LogP contribution in [-0.4, -0.2) is 41.0 Å². The number of rotatable bonds is 5. The van der Waals surface area contributed by atoms with Crippen molar-refractivity contribution in [3.63, 3.8) is 0 Å². The van der Waals surface area contributed by atoms with Gasteiger partial charge in [-0.2, -0.15) is 0 Å². The van der Waals surface area contributed by atoms with Crippen LogP contribution in [0.1, 0.15) is 64.2 Å². The number of hydrogen-bond acceptors (Lipinski definition) is 3. The lowest BCUT2D eigenvalue weighted by Gasteiger charge is -2.30. The topological polar surface area (TPSA) is 40.5 Å². The number of Topliss-reactive ketones (excluding diaryl/α,β-unsaturated/α-hetero) is 1. The van der Waals surface area contributed by atoms with Crippen LogP contribution in [0, 0.1) is 11.8 Å². The van der Waals surface area contributed by atoms with E-state index in [9.17, 15) is 9.90 Å². The molecular formula is C17H29NO2. The second-order valence-electron chi connectivity index (χ2n) is 7.21. The maximum absolute atomic E-state index is 12.0. The van der Waals surface area contributed by atoms with Gasteiger partial charge < -0.3 is 5.11 Å². The molecule has 2 saturated carbocycles. The molecule has 1 N–H and O–H groups in total. The van der Waals surface area contributed by atoms with Crippen LogP contribution < -0.4 is 0 Å². The van der Waals surface area contributed by atoms with Crippen LogP contribution in [0.5, 0.6) is 0 Å². The van der Waals surface area contributed by atoms with E-state index >= 15 is 0 Å². The van der Waals surface area contributed by atoms with Gasteiger partial charge in [0.2, 0.25) is 0 Å². The molecule has 3 aliphatic rings. The number of β-amino-alcohol motifs (C(OH)–C–C–N with tert-alkyl or cyclic N) is 1. The lowest BCUT2D eigenvalue weighted by molar-refractivity contribution is -0.122. The molecule has 2 aliphatic carbocycles. The Morgan fingerprint density at radius 2 is 1.90 bits per heavy atom. The number of carbonyl (C=O) groups is 1. The Balaban J connectivity index is 1.51. The van der Waals surface area contributed by atoms with Gasteiger partial charge in [-0.15, -0.1) is 0 Å². The fourth-order valence-electron chi connectivity index (χ4n) is 4.76. The predicted molar refractivity (Wildman–Crippen MR) is 79.5 cm³/mol. The summed E-state index contributed by atoms with van der Waals surface area (Å²) in [4.78, 5) is 14.4. The van der Waals surface area contributed by atoms with Crippen molar-refractivity contribution in [2.45, 2.75) is 76.4 Å². The Labute approximate surface area is 122 Å². The smallest absolute Gasteiger partial charge is 0.137 e. The van der Waals surface area contributed by atoms with Crippen LogP contribution in [0.25, 0.3) is 0 Å². The first-order valence-corrected chi connectivity index (χ1v) is 8.69. The molecule has 1 heterocycles. The zero-order chi connectivity index (χ0) is 13.9. The molecule has 0 amide bonds. The Bertz CT molecular complexity index is 338. The van der Waals surface area contributed by atoms with E-state index in [0.717, 1.165) is 51.1 Å². The van der Waals surface area contributed by atoms with Crippen molar-refractivity contribution in [2.24, 2.45) is 11.8 Å². The molecule has 3 rings (SSSR count). The van der Waals surface area contributed by atoms with Crippen molar-refractivity contribution in [3.05, 3.63) is 0 Å². The van der Waals surface area contributed by atoms with Crippen molar-refractivity contribution in [1.82, 2.24) is 4.90 Å². The van der Waals surface area contributed by atoms with E-state index in [4.69, 9.17) is 0 Å². The molecule has 1 aliphatic heterocycles. The first kappa shape index (κ1) is 14.5. The van der Waals surface area contributed by atoms with Gasteiger partial charge in [0.1, 0.15) is 5.78 Å². The fraction of sp³-hybridized carbons (Fsp3) is 0.941. The number of aliphatic hydroxyl groups excluding tert-OH is 1. The molecule has 3 heteroatoms. The Hall–Kier alpha value is -0.410. The van der Waals surface area contributed by atoms with E-state index in [1.165, 1.54) is 32.1 Å². The quantitative estimate of drug-likeness (QED) is 0.841. The molecule has 0 aromatic carbocycles. The van der Waals surface area contributed by atoms with E-state index in [2.05, 4.69) is 4.90 Å². The molecule has 0 aromatic rings. The molecule has 0 spiro atoms. The number of nitrogens with zero attached hydrogens (tertiary/aromatic N) is 1. The molecule has 3 atom stereocenters. The average molecular weight is 279 g/mol. The van der Waals surface area contributed by atoms with Gasteiger partial charge in [-0.1, -0.05) is 25.7 Å². The van der Waals surface area contributed by atoms with Crippen LogP contribution >= 0.6 is 0 Å². The average Bonchev–Trinajstić information content (AvgIpc) is 3.11. The van der Waals surface area contributed by atoms with Crippen LogP contribution in [-0.2, 0) is 4.79 Å². The highest BCUT2D eigenvalue weighted by atomic mass is 16.3. The van der Waals surface area contributed by atoms with Crippen molar-refractivity contribution >= 4 is 5.78 Å². The molecule has 3 unspecified atom stereocenters. The molecule has 20 heavy (non-hydrogen) atoms. The molecule has 1 saturated heterocycles. The fourth-order valence-corrected chi connectivity index (χ4v) is 4.76. The number of aliphatic hydroxyl groups is 1. The van der Waals surface area contributed by atoms with E-state index in [-0.39, 0.29) is 12.0 Å². The summed E-state index contributed by atoms with van der Waals surface area (Å²) in [5.41, 5.74) is 0. The summed E-state index contributed by atoms with van der Waals surface area (Å²) < 4.78 is 0. The van der Waals surface area contributed by atoms with E-state index in [1.807, 2.05) is 0 Å². The predicted octanol–water partition coefficient (Wildman–Crippen LogP) is 2.76. The second-order valence-corrected chi connectivity index (χ2v) is 7.21. The van der Waals surface area contributed by atoms with Gasteiger partial charge in [0, 0.05) is 24.9 Å². The normalized spacial score (nSPS) is 34.1. The van der Waals surface area contributed by atoms with Crippen LogP contribution in [0.4, 0.5) is 0 Å². The third kappa shape index (κ3) is 3.25. The van der Waals surface area contributed by atoms with E-state index < -0.39 is 0 Å². The molecule has 0 bridgehead atoms. The standard InChI is InChI=1S/C17H29NO2/c19-14(11-13-5-1-2-6-13)12-18-10-4-8-16(18)15-7-3-9-17(15)20/h13-16,19H,1-12H2. The summed E-state index contributed by atoms with van der Waals surface area (Å²) in [6.45, 7) is 1.88. The second kappa shape index (κ2) is 6.57. The summed E-state index contributed by atoms with van der Waals surface area (Å²) in [6.07, 6.45) is 11.4. The third-order valence-corrected chi connectivity index (χ3v) is 5.76. The maximum Gasteiger partial charge on any atom is 0.137 e. The lowest BCUT2D eigenvalue weighted by Crippen LogP contribution is -2.41. The number of hydrogen-bond donors (Lipinski definition) is 1. The number of carbonyl (C=O) groups excluding carboxylic acids is 1. The minimum absolute atomic E-state index is 0.185. The third-order valence-electron chi connectivity index (χ3n) is 5.76. The van der Waals surface area contributed by atoms with Crippen LogP contribution in [0.15, 0.2) is 0 Å². The van der Waals surface area contributed by atoms with Gasteiger partial charge in [-0.25, -0.2) is 0 Å². The van der Waals surface area contributed by atoms with Crippen LogP contribution in [0.3, 0.4) is 0 Å². The maximum atomic E-state index is 12.0. The van der Waals surface area contributed by atoms with Gasteiger partial charge in [-0.05, 0) is 44.6 Å². The van der Waals surface area contributed by atoms with Crippen molar-refractivity contribution in [3.8, 4) is 0 Å². The molecule has 114 valence electrons. The highest BCUT2D eigenvalue weighted by Crippen LogP contribution is 2.34. The summed E-state index contributed by atoms with van der Waals surface area (Å²) in [5.74, 6) is 1.50. The van der Waals surface area contributed by atoms with Crippen molar-refractivity contribution < 1.29 is 9.90 Å². The summed E-state index contributed by atoms with van der Waals surface area (Å²) in [6, 6.07) is 0.434. The molecule has 3 nitrogen and oxygen atoms in total. The highest BCUT2D eigenvalue weighted by molar-refractivity contribution is 5.83. The lowest BCUT2D eigenvalue weighted by atomic mass is 9.94. The van der Waals surface area contributed by atoms with E-state index in [0.29, 0.717) is 11.8 Å². The van der Waals surface area contributed by atoms with Gasteiger partial charge >= 0.3 is 0 Å². The largest absolute Gasteiger partial charge is 0.392 e. The first-order valence-electron chi connectivity index (χ1n) is 8.69. The summed E-state index contributed by atoms with van der Waals surface area (Å²) in [7, 11) is 0. The van der Waals surface area contributed by atoms with Gasteiger partial charge in [0.05, 0.1) is 6.10 Å². The van der Waals surface area contributed by atoms with Crippen LogP contribution in [0.2, 0.25) is 0 Å². The minimum Gasteiger partial charge on any atom is -0.392 e. The van der Waals surface area contributed by atoms with Gasteiger partial charge in [0.25, 0.3) is 0 Å². The first-order chi connectivity index (χ1) is 9.74. The summed E-state index contributed by atoms with van der Waals surface area (Å²) in [5, 5.41) is 10.4. The number of ketones is 1. The zero-order valence-corrected chi connectivity index (χ0v) is 12.6. The van der Waals surface area contributed by atoms with E-state index in [1.54, 1.807) is 0 Å². The van der Waals surface area contributed by atoms with Gasteiger partial charge in [-0.3, -0.25) is 9.69 Å². The Morgan fingerprint density at radius 3 is 2.60 bits per heavy atom.